The molecule has 0 aromatic heterocycles. The highest BCUT2D eigenvalue weighted by atomic mass is 19.1. The van der Waals surface area contributed by atoms with Crippen LogP contribution >= 0.6 is 0 Å². The van der Waals surface area contributed by atoms with E-state index in [2.05, 4.69) is 15.4 Å². The van der Waals surface area contributed by atoms with Gasteiger partial charge in [-0.2, -0.15) is 0 Å². The molecule has 0 aliphatic carbocycles. The van der Waals surface area contributed by atoms with E-state index < -0.39 is 12.0 Å². The van der Waals surface area contributed by atoms with Gasteiger partial charge in [0.2, 0.25) is 0 Å². The second-order valence-corrected chi connectivity index (χ2v) is 4.76. The van der Waals surface area contributed by atoms with Crippen LogP contribution in [0.4, 0.5) is 14.9 Å². The van der Waals surface area contributed by atoms with E-state index in [0.717, 1.165) is 0 Å². The molecule has 0 heterocycles. The zero-order valence-corrected chi connectivity index (χ0v) is 13.0. The summed E-state index contributed by atoms with van der Waals surface area (Å²) in [7, 11) is 1.29. The number of hydrogen-bond acceptors (Lipinski definition) is 4. The van der Waals surface area contributed by atoms with Crippen molar-refractivity contribution in [2.75, 3.05) is 25.6 Å². The number of carbonyl (C=O) groups is 2. The molecule has 0 bridgehead atoms. The van der Waals surface area contributed by atoms with Gasteiger partial charge >= 0.3 is 12.0 Å². The number of esters is 1. The highest BCUT2D eigenvalue weighted by Gasteiger charge is 2.07. The third-order valence-corrected chi connectivity index (χ3v) is 3.01. The summed E-state index contributed by atoms with van der Waals surface area (Å²) in [5.41, 5.74) is 0.810. The summed E-state index contributed by atoms with van der Waals surface area (Å²) in [5.74, 6) is -0.301. The van der Waals surface area contributed by atoms with Crippen molar-refractivity contribution in [3.8, 4) is 5.75 Å². The molecule has 0 spiro atoms. The monoisotopic (exact) mass is 332 g/mol. The maximum atomic E-state index is 12.7. The van der Waals surface area contributed by atoms with E-state index in [-0.39, 0.29) is 19.0 Å². The van der Waals surface area contributed by atoms with Crippen LogP contribution in [0.1, 0.15) is 10.4 Å². The Morgan fingerprint density at radius 2 is 1.88 bits per heavy atom. The lowest BCUT2D eigenvalue weighted by atomic mass is 10.2. The Morgan fingerprint density at radius 1 is 1.12 bits per heavy atom. The van der Waals surface area contributed by atoms with Crippen LogP contribution in [0.5, 0.6) is 5.75 Å². The summed E-state index contributed by atoms with van der Waals surface area (Å²) in [5, 5.41) is 5.21. The first kappa shape index (κ1) is 17.3. The van der Waals surface area contributed by atoms with Crippen LogP contribution in [-0.4, -0.2) is 32.3 Å². The molecule has 2 aromatic rings. The highest BCUT2D eigenvalue weighted by molar-refractivity contribution is 5.93. The molecule has 0 saturated carbocycles. The SMILES string of the molecule is COC(=O)c1cccc(NC(=O)NCCOc2ccc(F)cc2)c1. The van der Waals surface area contributed by atoms with Gasteiger partial charge in [-0.15, -0.1) is 0 Å². The Labute approximate surface area is 138 Å². The molecule has 24 heavy (non-hydrogen) atoms. The normalized spacial score (nSPS) is 9.92. The van der Waals surface area contributed by atoms with Crippen LogP contribution in [0.2, 0.25) is 0 Å². The molecule has 0 atom stereocenters. The molecular weight excluding hydrogens is 315 g/mol. The summed E-state index contributed by atoms with van der Waals surface area (Å²) in [6, 6.07) is 11.6. The fourth-order valence-corrected chi connectivity index (χ4v) is 1.88. The maximum absolute atomic E-state index is 12.7. The van der Waals surface area contributed by atoms with E-state index in [1.54, 1.807) is 18.2 Å². The Kier molecular flexibility index (Phi) is 6.13. The summed E-state index contributed by atoms with van der Waals surface area (Å²) in [6.07, 6.45) is 0. The second-order valence-electron chi connectivity index (χ2n) is 4.76. The van der Waals surface area contributed by atoms with Crippen LogP contribution in [0.25, 0.3) is 0 Å². The Hall–Kier alpha value is -3.09. The standard InChI is InChI=1S/C17H17FN2O4/c1-23-16(21)12-3-2-4-14(11-12)20-17(22)19-9-10-24-15-7-5-13(18)6-8-15/h2-8,11H,9-10H2,1H3,(H2,19,20,22). The number of rotatable bonds is 6. The average Bonchev–Trinajstić information content (AvgIpc) is 2.60. The van der Waals surface area contributed by atoms with Crippen LogP contribution in [-0.2, 0) is 4.74 Å². The number of ether oxygens (including phenoxy) is 2. The fourth-order valence-electron chi connectivity index (χ4n) is 1.88. The summed E-state index contributed by atoms with van der Waals surface area (Å²) < 4.78 is 22.7. The number of halogens is 1. The van der Waals surface area contributed by atoms with Crippen LogP contribution in [0.15, 0.2) is 48.5 Å². The van der Waals surface area contributed by atoms with Gasteiger partial charge in [-0.05, 0) is 42.5 Å². The van der Waals surface area contributed by atoms with Gasteiger partial charge in [-0.25, -0.2) is 14.0 Å². The molecule has 6 nitrogen and oxygen atoms in total. The smallest absolute Gasteiger partial charge is 0.337 e. The maximum Gasteiger partial charge on any atom is 0.337 e. The lowest BCUT2D eigenvalue weighted by molar-refractivity contribution is 0.0600. The van der Waals surface area contributed by atoms with E-state index in [4.69, 9.17) is 4.74 Å². The van der Waals surface area contributed by atoms with Crippen molar-refractivity contribution in [2.24, 2.45) is 0 Å². The van der Waals surface area contributed by atoms with Crippen molar-refractivity contribution in [3.05, 3.63) is 59.9 Å². The van der Waals surface area contributed by atoms with E-state index in [1.165, 1.54) is 37.4 Å². The minimum absolute atomic E-state index is 0.237. The minimum atomic E-state index is -0.480. The third kappa shape index (κ3) is 5.28. The van der Waals surface area contributed by atoms with Crippen molar-refractivity contribution >= 4 is 17.7 Å². The van der Waals surface area contributed by atoms with Gasteiger partial charge in [0.1, 0.15) is 18.2 Å². The van der Waals surface area contributed by atoms with Gasteiger partial charge in [-0.3, -0.25) is 0 Å². The largest absolute Gasteiger partial charge is 0.492 e. The fraction of sp³-hybridized carbons (Fsp3) is 0.176. The van der Waals surface area contributed by atoms with E-state index >= 15 is 0 Å². The van der Waals surface area contributed by atoms with Crippen molar-refractivity contribution in [1.82, 2.24) is 5.32 Å². The Morgan fingerprint density at radius 3 is 2.58 bits per heavy atom. The number of hydrogen-bond donors (Lipinski definition) is 2. The molecule has 126 valence electrons. The summed E-state index contributed by atoms with van der Waals surface area (Å²) in [6.45, 7) is 0.501. The van der Waals surface area contributed by atoms with E-state index in [0.29, 0.717) is 17.0 Å². The quantitative estimate of drug-likeness (QED) is 0.630. The predicted octanol–water partition coefficient (Wildman–Crippen LogP) is 2.81. The number of urea groups is 1. The molecule has 7 heteroatoms. The molecule has 2 aromatic carbocycles. The molecule has 0 radical (unpaired) electrons. The van der Waals surface area contributed by atoms with Gasteiger partial charge in [0, 0.05) is 5.69 Å². The van der Waals surface area contributed by atoms with Crippen LogP contribution in [0.3, 0.4) is 0 Å². The highest BCUT2D eigenvalue weighted by Crippen LogP contribution is 2.12. The molecule has 0 fully saturated rings. The molecule has 0 unspecified atom stereocenters. The van der Waals surface area contributed by atoms with Gasteiger partial charge < -0.3 is 20.1 Å². The van der Waals surface area contributed by atoms with E-state index in [9.17, 15) is 14.0 Å². The van der Waals surface area contributed by atoms with Crippen LogP contribution in [0, 0.1) is 5.82 Å². The summed E-state index contributed by atoms with van der Waals surface area (Å²) >= 11 is 0. The van der Waals surface area contributed by atoms with Gasteiger partial charge in [0.05, 0.1) is 19.2 Å². The molecular formula is C17H17FN2O4. The molecule has 0 aliphatic heterocycles. The first-order valence-corrected chi connectivity index (χ1v) is 7.20. The zero-order valence-electron chi connectivity index (χ0n) is 13.0. The first-order chi connectivity index (χ1) is 11.6. The Bertz CT molecular complexity index is 704. The molecule has 0 saturated heterocycles. The topological polar surface area (TPSA) is 76.7 Å². The summed E-state index contributed by atoms with van der Waals surface area (Å²) in [4.78, 5) is 23.2. The molecule has 2 amide bonds. The van der Waals surface area contributed by atoms with Gasteiger partial charge in [0.15, 0.2) is 0 Å². The number of anilines is 1. The molecule has 2 rings (SSSR count). The number of methoxy groups -OCH3 is 1. The molecule has 0 aliphatic rings. The average molecular weight is 332 g/mol. The van der Waals surface area contributed by atoms with Gasteiger partial charge in [-0.1, -0.05) is 6.07 Å². The molecule has 2 N–H and O–H groups in total. The Balaban J connectivity index is 1.75. The van der Waals surface area contributed by atoms with Crippen LogP contribution < -0.4 is 15.4 Å². The first-order valence-electron chi connectivity index (χ1n) is 7.20. The van der Waals surface area contributed by atoms with Gasteiger partial charge in [0.25, 0.3) is 0 Å². The van der Waals surface area contributed by atoms with Crippen molar-refractivity contribution < 1.29 is 23.5 Å². The number of carbonyl (C=O) groups excluding carboxylic acids is 2. The van der Waals surface area contributed by atoms with Crippen molar-refractivity contribution in [1.29, 1.82) is 0 Å². The number of nitrogens with one attached hydrogen (secondary N) is 2. The predicted molar refractivity (Wildman–Crippen MR) is 86.7 cm³/mol. The van der Waals surface area contributed by atoms with E-state index in [1.807, 2.05) is 0 Å². The minimum Gasteiger partial charge on any atom is -0.492 e. The number of amides is 2. The van der Waals surface area contributed by atoms with Crippen molar-refractivity contribution in [3.63, 3.8) is 0 Å². The lowest BCUT2D eigenvalue weighted by Gasteiger charge is -2.09. The second kappa shape index (κ2) is 8.52. The lowest BCUT2D eigenvalue weighted by Crippen LogP contribution is -2.32. The van der Waals surface area contributed by atoms with Crippen molar-refractivity contribution in [2.45, 2.75) is 0 Å². The zero-order chi connectivity index (χ0) is 17.4. The third-order valence-electron chi connectivity index (χ3n) is 3.01. The number of benzene rings is 2.